The van der Waals surface area contributed by atoms with Crippen molar-refractivity contribution in [3.8, 4) is 0 Å². The first kappa shape index (κ1) is 17.6. The third-order valence-corrected chi connectivity index (χ3v) is 4.81. The fourth-order valence-electron chi connectivity index (χ4n) is 3.55. The molecule has 3 rings (SSSR count). The summed E-state index contributed by atoms with van der Waals surface area (Å²) >= 11 is 0. The molecule has 0 aliphatic carbocycles. The molecule has 0 radical (unpaired) electrons. The molecule has 6 nitrogen and oxygen atoms in total. The van der Waals surface area contributed by atoms with Crippen LogP contribution in [0.25, 0.3) is 0 Å². The molecule has 1 saturated heterocycles. The molecule has 25 heavy (non-hydrogen) atoms. The van der Waals surface area contributed by atoms with E-state index in [1.165, 1.54) is 0 Å². The largest absolute Gasteiger partial charge is 0.341 e. The Morgan fingerprint density at radius 1 is 1.40 bits per heavy atom. The molecule has 0 spiro atoms. The van der Waals surface area contributed by atoms with Crippen molar-refractivity contribution in [3.05, 3.63) is 48.3 Å². The van der Waals surface area contributed by atoms with Crippen LogP contribution in [0.1, 0.15) is 37.1 Å². The lowest BCUT2D eigenvalue weighted by atomic mass is 9.97. The summed E-state index contributed by atoms with van der Waals surface area (Å²) in [5, 5.41) is 0. The smallest absolute Gasteiger partial charge is 0.236 e. The molecule has 1 aliphatic heterocycles. The van der Waals surface area contributed by atoms with Crippen LogP contribution < -0.4 is 0 Å². The first-order chi connectivity index (χ1) is 12.2. The summed E-state index contributed by atoms with van der Waals surface area (Å²) in [6, 6.07) is 3.96. The average molecular weight is 341 g/mol. The molecule has 1 atom stereocenters. The van der Waals surface area contributed by atoms with Crippen LogP contribution >= 0.6 is 0 Å². The van der Waals surface area contributed by atoms with Gasteiger partial charge >= 0.3 is 0 Å². The van der Waals surface area contributed by atoms with Crippen molar-refractivity contribution in [1.82, 2.24) is 24.3 Å². The average Bonchev–Trinajstić information content (AvgIpc) is 3.11. The van der Waals surface area contributed by atoms with Gasteiger partial charge in [0.15, 0.2) is 0 Å². The molecular weight excluding hydrogens is 314 g/mol. The lowest BCUT2D eigenvalue weighted by Crippen LogP contribution is -2.44. The Morgan fingerprint density at radius 3 is 3.04 bits per heavy atom. The van der Waals surface area contributed by atoms with E-state index in [0.29, 0.717) is 12.5 Å². The molecular formula is C19H27N5O. The van der Waals surface area contributed by atoms with Gasteiger partial charge in [-0.3, -0.25) is 14.7 Å². The van der Waals surface area contributed by atoms with Crippen LogP contribution in [0.15, 0.2) is 36.9 Å². The van der Waals surface area contributed by atoms with Gasteiger partial charge in [-0.2, -0.15) is 0 Å². The summed E-state index contributed by atoms with van der Waals surface area (Å²) in [5.41, 5.74) is 1.12. The SMILES string of the molecule is CCn1ccnc1[C@@H]1CCCN(C(=O)CN(C)Cc2cccnc2)C1. The lowest BCUT2D eigenvalue weighted by molar-refractivity contribution is -0.133. The maximum absolute atomic E-state index is 12.7. The summed E-state index contributed by atoms with van der Waals surface area (Å²) in [6.07, 6.45) is 9.65. The number of nitrogens with zero attached hydrogens (tertiary/aromatic N) is 5. The van der Waals surface area contributed by atoms with Crippen molar-refractivity contribution in [3.63, 3.8) is 0 Å². The van der Waals surface area contributed by atoms with Gasteiger partial charge in [0, 0.05) is 56.9 Å². The minimum absolute atomic E-state index is 0.200. The fraction of sp³-hybridized carbons (Fsp3) is 0.526. The highest BCUT2D eigenvalue weighted by Gasteiger charge is 2.27. The molecule has 0 bridgehead atoms. The Morgan fingerprint density at radius 2 is 2.28 bits per heavy atom. The molecule has 0 unspecified atom stereocenters. The van der Waals surface area contributed by atoms with E-state index >= 15 is 0 Å². The Balaban J connectivity index is 1.56. The second kappa shape index (κ2) is 8.25. The van der Waals surface area contributed by atoms with E-state index < -0.39 is 0 Å². The predicted molar refractivity (Wildman–Crippen MR) is 97.0 cm³/mol. The number of aromatic nitrogens is 3. The second-order valence-electron chi connectivity index (χ2n) is 6.78. The van der Waals surface area contributed by atoms with E-state index in [1.54, 1.807) is 6.20 Å². The Hall–Kier alpha value is -2.21. The molecule has 2 aromatic heterocycles. The monoisotopic (exact) mass is 341 g/mol. The van der Waals surface area contributed by atoms with Crippen molar-refractivity contribution in [2.45, 2.75) is 38.8 Å². The number of pyridine rings is 1. The standard InChI is InChI=1S/C19H27N5O/c1-3-23-11-9-21-19(23)17-7-5-10-24(14-17)18(25)15-22(2)13-16-6-4-8-20-12-16/h4,6,8-9,11-12,17H,3,5,7,10,13-15H2,1-2H3/t17-/m1/s1. The van der Waals surface area contributed by atoms with Gasteiger partial charge in [-0.05, 0) is 38.4 Å². The summed E-state index contributed by atoms with van der Waals surface area (Å²) in [5.74, 6) is 1.66. The number of hydrogen-bond donors (Lipinski definition) is 0. The van der Waals surface area contributed by atoms with Crippen molar-refractivity contribution in [1.29, 1.82) is 0 Å². The van der Waals surface area contributed by atoms with Gasteiger partial charge in [-0.1, -0.05) is 6.07 Å². The Labute approximate surface area is 149 Å². The molecule has 2 aromatic rings. The number of rotatable bonds is 6. The molecule has 134 valence electrons. The van der Waals surface area contributed by atoms with Crippen LogP contribution in [0.2, 0.25) is 0 Å². The first-order valence-electron chi connectivity index (χ1n) is 9.03. The van der Waals surface area contributed by atoms with Crippen molar-refractivity contribution in [2.24, 2.45) is 0 Å². The predicted octanol–water partition coefficient (Wildman–Crippen LogP) is 2.14. The van der Waals surface area contributed by atoms with Crippen LogP contribution in [0.5, 0.6) is 0 Å². The Kier molecular flexibility index (Phi) is 5.81. The quantitative estimate of drug-likeness (QED) is 0.808. The van der Waals surface area contributed by atoms with Crippen LogP contribution in [0, 0.1) is 0 Å². The molecule has 1 aliphatic rings. The topological polar surface area (TPSA) is 54.3 Å². The van der Waals surface area contributed by atoms with E-state index in [1.807, 2.05) is 42.7 Å². The maximum Gasteiger partial charge on any atom is 0.236 e. The zero-order chi connectivity index (χ0) is 17.6. The summed E-state index contributed by atoms with van der Waals surface area (Å²) in [6.45, 7) is 5.85. The number of aryl methyl sites for hydroxylation is 1. The van der Waals surface area contributed by atoms with Gasteiger partial charge in [-0.15, -0.1) is 0 Å². The van der Waals surface area contributed by atoms with Crippen molar-refractivity contribution >= 4 is 5.91 Å². The van der Waals surface area contributed by atoms with Gasteiger partial charge in [0.1, 0.15) is 5.82 Å². The van der Waals surface area contributed by atoms with E-state index in [0.717, 1.165) is 50.4 Å². The summed E-state index contributed by atoms with van der Waals surface area (Å²) < 4.78 is 2.19. The summed E-state index contributed by atoms with van der Waals surface area (Å²) in [7, 11) is 1.98. The van der Waals surface area contributed by atoms with Crippen LogP contribution in [-0.4, -0.2) is 56.9 Å². The third-order valence-electron chi connectivity index (χ3n) is 4.81. The van der Waals surface area contributed by atoms with Crippen LogP contribution in [0.4, 0.5) is 0 Å². The number of imidazole rings is 1. The zero-order valence-corrected chi connectivity index (χ0v) is 15.1. The molecule has 6 heteroatoms. The molecule has 0 saturated carbocycles. The van der Waals surface area contributed by atoms with E-state index in [-0.39, 0.29) is 5.91 Å². The highest BCUT2D eigenvalue weighted by molar-refractivity contribution is 5.78. The molecule has 1 fully saturated rings. The number of carbonyl (C=O) groups excluding carboxylic acids is 1. The van der Waals surface area contributed by atoms with Crippen molar-refractivity contribution < 1.29 is 4.79 Å². The zero-order valence-electron chi connectivity index (χ0n) is 15.1. The van der Waals surface area contributed by atoms with Gasteiger partial charge < -0.3 is 9.47 Å². The van der Waals surface area contributed by atoms with E-state index in [4.69, 9.17) is 0 Å². The molecule has 0 N–H and O–H groups in total. The third kappa shape index (κ3) is 4.45. The van der Waals surface area contributed by atoms with E-state index in [2.05, 4.69) is 26.4 Å². The number of likely N-dealkylation sites (tertiary alicyclic amines) is 1. The number of piperidine rings is 1. The van der Waals surface area contributed by atoms with Crippen molar-refractivity contribution in [2.75, 3.05) is 26.7 Å². The van der Waals surface area contributed by atoms with Gasteiger partial charge in [0.25, 0.3) is 0 Å². The number of likely N-dealkylation sites (N-methyl/N-ethyl adjacent to an activating group) is 1. The van der Waals surface area contributed by atoms with Crippen LogP contribution in [-0.2, 0) is 17.9 Å². The van der Waals surface area contributed by atoms with E-state index in [9.17, 15) is 4.79 Å². The normalized spacial score (nSPS) is 17.9. The highest BCUT2D eigenvalue weighted by atomic mass is 16.2. The Bertz CT molecular complexity index is 684. The number of amides is 1. The molecule has 1 amide bonds. The summed E-state index contributed by atoms with van der Waals surface area (Å²) in [4.78, 5) is 25.4. The minimum atomic E-state index is 0.200. The number of carbonyl (C=O) groups is 1. The van der Waals surface area contributed by atoms with Gasteiger partial charge in [-0.25, -0.2) is 4.98 Å². The second-order valence-corrected chi connectivity index (χ2v) is 6.78. The minimum Gasteiger partial charge on any atom is -0.341 e. The van der Waals surface area contributed by atoms with Gasteiger partial charge in [0.2, 0.25) is 5.91 Å². The maximum atomic E-state index is 12.7. The van der Waals surface area contributed by atoms with Crippen LogP contribution in [0.3, 0.4) is 0 Å². The molecule has 3 heterocycles. The highest BCUT2D eigenvalue weighted by Crippen LogP contribution is 2.26. The molecule has 0 aromatic carbocycles. The number of hydrogen-bond acceptors (Lipinski definition) is 4. The first-order valence-corrected chi connectivity index (χ1v) is 9.03. The fourth-order valence-corrected chi connectivity index (χ4v) is 3.55. The van der Waals surface area contributed by atoms with Gasteiger partial charge in [0.05, 0.1) is 6.54 Å². The lowest BCUT2D eigenvalue weighted by Gasteiger charge is -2.33.